The lowest BCUT2D eigenvalue weighted by atomic mass is 9.67. The summed E-state index contributed by atoms with van der Waals surface area (Å²) in [5.74, 6) is 0.162. The van der Waals surface area contributed by atoms with Crippen molar-refractivity contribution in [2.45, 2.75) is 44.1 Å². The highest BCUT2D eigenvalue weighted by Crippen LogP contribution is 2.56. The number of hydrogen-bond donors (Lipinski definition) is 0. The van der Waals surface area contributed by atoms with Gasteiger partial charge in [0, 0.05) is 18.0 Å². The van der Waals surface area contributed by atoms with Gasteiger partial charge in [-0.1, -0.05) is 62.2 Å². The minimum Gasteiger partial charge on any atom is -0.334 e. The molecule has 1 aliphatic heterocycles. The number of nitrogens with zero attached hydrogens (tertiary/aromatic N) is 1. The Balaban J connectivity index is 1.96. The lowest BCUT2D eigenvalue weighted by Crippen LogP contribution is -2.48. The Bertz CT molecular complexity index is 766. The second-order valence-electron chi connectivity index (χ2n) is 7.00. The van der Waals surface area contributed by atoms with Gasteiger partial charge in [0.05, 0.1) is 6.04 Å². The molecule has 118 valence electrons. The van der Waals surface area contributed by atoms with Crippen molar-refractivity contribution in [1.29, 1.82) is 0 Å². The third-order valence-corrected chi connectivity index (χ3v) is 5.76. The molecular weight excluding hydrogens is 282 g/mol. The van der Waals surface area contributed by atoms with Crippen molar-refractivity contribution in [3.63, 3.8) is 0 Å². The lowest BCUT2D eigenvalue weighted by Gasteiger charge is -2.46. The van der Waals surface area contributed by atoms with Crippen molar-refractivity contribution < 1.29 is 4.79 Å². The van der Waals surface area contributed by atoms with Gasteiger partial charge < -0.3 is 4.90 Å². The summed E-state index contributed by atoms with van der Waals surface area (Å²) in [4.78, 5) is 14.9. The van der Waals surface area contributed by atoms with E-state index in [4.69, 9.17) is 0 Å². The topological polar surface area (TPSA) is 20.3 Å². The third-order valence-electron chi connectivity index (χ3n) is 5.76. The minimum atomic E-state index is 0.0406. The number of carbonyl (C=O) groups is 1. The van der Waals surface area contributed by atoms with Crippen LogP contribution in [0.5, 0.6) is 0 Å². The molecule has 0 fully saturated rings. The molecule has 0 radical (unpaired) electrons. The van der Waals surface area contributed by atoms with Gasteiger partial charge in [0.15, 0.2) is 0 Å². The summed E-state index contributed by atoms with van der Waals surface area (Å²) < 4.78 is 0. The Morgan fingerprint density at radius 3 is 2.70 bits per heavy atom. The third kappa shape index (κ3) is 1.90. The number of rotatable bonds is 3. The van der Waals surface area contributed by atoms with E-state index in [-0.39, 0.29) is 17.4 Å². The molecule has 0 saturated carbocycles. The van der Waals surface area contributed by atoms with Gasteiger partial charge >= 0.3 is 0 Å². The zero-order valence-corrected chi connectivity index (χ0v) is 13.9. The fourth-order valence-electron chi connectivity index (χ4n) is 4.78. The Morgan fingerprint density at radius 2 is 1.87 bits per heavy atom. The summed E-state index contributed by atoms with van der Waals surface area (Å²) in [6.07, 6.45) is 4.56. The van der Waals surface area contributed by atoms with E-state index in [9.17, 15) is 4.79 Å². The summed E-state index contributed by atoms with van der Waals surface area (Å²) in [6.45, 7) is 2.25. The number of unbranched alkanes of at least 4 members (excludes halogenated alkanes) is 1. The monoisotopic (exact) mass is 305 g/mol. The molecule has 0 N–H and O–H groups in total. The van der Waals surface area contributed by atoms with Crippen LogP contribution in [-0.4, -0.2) is 17.9 Å². The highest BCUT2D eigenvalue weighted by atomic mass is 16.2. The average molecular weight is 305 g/mol. The van der Waals surface area contributed by atoms with Crippen molar-refractivity contribution >= 4 is 5.91 Å². The maximum atomic E-state index is 12.9. The van der Waals surface area contributed by atoms with Crippen LogP contribution in [0.4, 0.5) is 0 Å². The first kappa shape index (κ1) is 14.5. The summed E-state index contributed by atoms with van der Waals surface area (Å²) >= 11 is 0. The Morgan fingerprint density at radius 1 is 1.13 bits per heavy atom. The molecule has 0 aromatic heterocycles. The number of fused-ring (bicyclic) bond motifs is 5. The molecule has 23 heavy (non-hydrogen) atoms. The molecule has 0 spiro atoms. The van der Waals surface area contributed by atoms with E-state index in [1.807, 2.05) is 24.1 Å². The van der Waals surface area contributed by atoms with Crippen LogP contribution in [0.2, 0.25) is 0 Å². The van der Waals surface area contributed by atoms with Crippen LogP contribution in [0.3, 0.4) is 0 Å². The fourth-order valence-corrected chi connectivity index (χ4v) is 4.78. The Labute approximate surface area is 138 Å². The minimum absolute atomic E-state index is 0.0406. The van der Waals surface area contributed by atoms with Gasteiger partial charge in [-0.05, 0) is 35.6 Å². The normalized spacial score (nSPS) is 25.0. The van der Waals surface area contributed by atoms with Crippen LogP contribution < -0.4 is 0 Å². The maximum absolute atomic E-state index is 12.9. The molecule has 2 aliphatic rings. The highest BCUT2D eigenvalue weighted by molar-refractivity contribution is 5.98. The van der Waals surface area contributed by atoms with Crippen molar-refractivity contribution in [1.82, 2.24) is 4.90 Å². The number of likely N-dealkylation sites (N-methyl/N-ethyl adjacent to an activating group) is 1. The zero-order chi connectivity index (χ0) is 16.0. The second-order valence-corrected chi connectivity index (χ2v) is 7.00. The molecule has 1 amide bonds. The number of carbonyl (C=O) groups excluding carboxylic acids is 1. The van der Waals surface area contributed by atoms with Crippen molar-refractivity contribution in [2.75, 3.05) is 7.05 Å². The van der Waals surface area contributed by atoms with Gasteiger partial charge in [-0.3, -0.25) is 4.79 Å². The van der Waals surface area contributed by atoms with E-state index in [2.05, 4.69) is 43.3 Å². The molecule has 0 bridgehead atoms. The molecule has 2 atom stereocenters. The van der Waals surface area contributed by atoms with Crippen LogP contribution in [0.1, 0.15) is 59.3 Å². The van der Waals surface area contributed by atoms with Gasteiger partial charge in [0.2, 0.25) is 0 Å². The van der Waals surface area contributed by atoms with Gasteiger partial charge in [-0.15, -0.1) is 0 Å². The van der Waals surface area contributed by atoms with E-state index >= 15 is 0 Å². The molecule has 0 unspecified atom stereocenters. The first-order valence-electron chi connectivity index (χ1n) is 8.63. The summed E-state index contributed by atoms with van der Waals surface area (Å²) in [6, 6.07) is 17.1. The molecule has 2 aromatic carbocycles. The van der Waals surface area contributed by atoms with Crippen LogP contribution in [0.15, 0.2) is 48.5 Å². The van der Waals surface area contributed by atoms with Crippen molar-refractivity contribution in [3.8, 4) is 0 Å². The SMILES string of the molecule is CCCC[C@]12Cc3ccccc3[C@H]1N(C)C(=O)c1ccccc12. The van der Waals surface area contributed by atoms with Crippen LogP contribution in [-0.2, 0) is 11.8 Å². The molecule has 0 saturated heterocycles. The molecule has 1 heterocycles. The van der Waals surface area contributed by atoms with Gasteiger partial charge in [0.25, 0.3) is 5.91 Å². The Hall–Kier alpha value is -2.09. The van der Waals surface area contributed by atoms with Crippen molar-refractivity contribution in [3.05, 3.63) is 70.8 Å². The fraction of sp³-hybridized carbons (Fsp3) is 0.381. The summed E-state index contributed by atoms with van der Waals surface area (Å²) in [7, 11) is 1.98. The Kier molecular flexibility index (Phi) is 3.29. The first-order valence-corrected chi connectivity index (χ1v) is 8.63. The maximum Gasteiger partial charge on any atom is 0.254 e. The molecular formula is C21H23NO. The van der Waals surface area contributed by atoms with Gasteiger partial charge in [-0.2, -0.15) is 0 Å². The molecule has 2 nitrogen and oxygen atoms in total. The molecule has 2 heteroatoms. The average Bonchev–Trinajstić information content (AvgIpc) is 2.93. The summed E-state index contributed by atoms with van der Waals surface area (Å²) in [5.41, 5.74) is 4.95. The van der Waals surface area contributed by atoms with E-state index in [0.717, 1.165) is 18.4 Å². The quantitative estimate of drug-likeness (QED) is 0.817. The number of amides is 1. The molecule has 1 aliphatic carbocycles. The van der Waals surface area contributed by atoms with Crippen molar-refractivity contribution in [2.24, 2.45) is 0 Å². The highest BCUT2D eigenvalue weighted by Gasteiger charge is 2.53. The molecule has 2 aromatic rings. The van der Waals surface area contributed by atoms with E-state index < -0.39 is 0 Å². The van der Waals surface area contributed by atoms with Crippen LogP contribution in [0, 0.1) is 0 Å². The predicted octanol–water partition coefficient (Wildman–Crippen LogP) is 4.50. The molecule has 4 rings (SSSR count). The lowest BCUT2D eigenvalue weighted by molar-refractivity contribution is 0.0583. The van der Waals surface area contributed by atoms with E-state index in [1.165, 1.54) is 29.5 Å². The van der Waals surface area contributed by atoms with E-state index in [0.29, 0.717) is 0 Å². The second kappa shape index (κ2) is 5.23. The smallest absolute Gasteiger partial charge is 0.254 e. The standard InChI is InChI=1S/C21H23NO/c1-3-4-13-21-14-15-9-5-6-10-16(15)19(21)22(2)20(23)17-11-7-8-12-18(17)21/h5-12,19H,3-4,13-14H2,1-2H3/t19-,21-/m1/s1. The number of benzene rings is 2. The van der Waals surface area contributed by atoms with Crippen LogP contribution >= 0.6 is 0 Å². The predicted molar refractivity (Wildman–Crippen MR) is 92.6 cm³/mol. The largest absolute Gasteiger partial charge is 0.334 e. The summed E-state index contributed by atoms with van der Waals surface area (Å²) in [5, 5.41) is 0. The zero-order valence-electron chi connectivity index (χ0n) is 13.9. The first-order chi connectivity index (χ1) is 11.2. The number of hydrogen-bond acceptors (Lipinski definition) is 1. The van der Waals surface area contributed by atoms with Crippen LogP contribution in [0.25, 0.3) is 0 Å². The van der Waals surface area contributed by atoms with Gasteiger partial charge in [0.1, 0.15) is 0 Å². The van der Waals surface area contributed by atoms with Gasteiger partial charge in [-0.25, -0.2) is 0 Å². The van der Waals surface area contributed by atoms with E-state index in [1.54, 1.807) is 0 Å².